The molecular formula is C21H24FN5O. The number of carbonyl (C=O) groups excluding carboxylic acids is 1. The molecule has 0 bridgehead atoms. The van der Waals surface area contributed by atoms with Gasteiger partial charge in [0.2, 0.25) is 0 Å². The smallest absolute Gasteiger partial charge is 0.256 e. The third-order valence-electron chi connectivity index (χ3n) is 5.20. The van der Waals surface area contributed by atoms with Gasteiger partial charge in [0.1, 0.15) is 11.6 Å². The van der Waals surface area contributed by atoms with E-state index in [0.29, 0.717) is 25.6 Å². The lowest BCUT2D eigenvalue weighted by Gasteiger charge is -2.27. The van der Waals surface area contributed by atoms with E-state index in [9.17, 15) is 9.18 Å². The lowest BCUT2D eigenvalue weighted by molar-refractivity contribution is 0.0731. The summed E-state index contributed by atoms with van der Waals surface area (Å²) < 4.78 is 16.3. The Morgan fingerprint density at radius 3 is 2.79 bits per heavy atom. The van der Waals surface area contributed by atoms with Crippen molar-refractivity contribution in [1.29, 1.82) is 0 Å². The van der Waals surface area contributed by atoms with E-state index >= 15 is 0 Å². The first kappa shape index (κ1) is 18.6. The number of rotatable bonds is 4. The van der Waals surface area contributed by atoms with Crippen LogP contribution in [0.25, 0.3) is 11.4 Å². The number of amides is 1. The van der Waals surface area contributed by atoms with Crippen LogP contribution in [0.1, 0.15) is 41.3 Å². The molecule has 0 radical (unpaired) electrons. The molecule has 3 aliphatic heterocycles. The van der Waals surface area contributed by atoms with E-state index in [2.05, 4.69) is 29.1 Å². The monoisotopic (exact) mass is 381 g/mol. The molecule has 0 atom stereocenters. The first-order chi connectivity index (χ1) is 13.5. The zero-order chi connectivity index (χ0) is 19.7. The van der Waals surface area contributed by atoms with Gasteiger partial charge in [0.05, 0.1) is 18.4 Å². The van der Waals surface area contributed by atoms with Crippen molar-refractivity contribution < 1.29 is 9.18 Å². The van der Waals surface area contributed by atoms with Crippen molar-refractivity contribution in [3.8, 4) is 11.4 Å². The average Bonchev–Trinajstić information content (AvgIpc) is 3.15. The van der Waals surface area contributed by atoms with Gasteiger partial charge in [-0.15, -0.1) is 0 Å². The molecule has 3 heterocycles. The van der Waals surface area contributed by atoms with Crippen LogP contribution in [-0.4, -0.2) is 51.5 Å². The minimum Gasteiger partial charge on any atom is -0.336 e. The highest BCUT2D eigenvalue weighted by Crippen LogP contribution is 2.30. The van der Waals surface area contributed by atoms with Gasteiger partial charge < -0.3 is 14.8 Å². The van der Waals surface area contributed by atoms with Gasteiger partial charge in [-0.2, -0.15) is 0 Å². The number of carbonyl (C=O) groups is 1. The Labute approximate surface area is 163 Å². The second kappa shape index (κ2) is 7.67. The number of benzene rings is 1. The summed E-state index contributed by atoms with van der Waals surface area (Å²) in [5, 5.41) is 3.20. The zero-order valence-corrected chi connectivity index (χ0v) is 16.2. The molecule has 1 aromatic rings. The van der Waals surface area contributed by atoms with Crippen LogP contribution in [0.4, 0.5) is 4.39 Å². The first-order valence-corrected chi connectivity index (χ1v) is 9.61. The van der Waals surface area contributed by atoms with Crippen molar-refractivity contribution in [3.05, 3.63) is 59.4 Å². The van der Waals surface area contributed by atoms with Crippen LogP contribution >= 0.6 is 0 Å². The highest BCUT2D eigenvalue weighted by Gasteiger charge is 2.22. The van der Waals surface area contributed by atoms with Crippen LogP contribution in [0.2, 0.25) is 0 Å². The van der Waals surface area contributed by atoms with Gasteiger partial charge >= 0.3 is 0 Å². The second-order valence-electron chi connectivity index (χ2n) is 7.48. The first-order valence-electron chi connectivity index (χ1n) is 9.61. The van der Waals surface area contributed by atoms with Crippen LogP contribution < -0.4 is 5.32 Å². The van der Waals surface area contributed by atoms with Gasteiger partial charge in [-0.05, 0) is 29.2 Å². The number of hydrogen-bond donors (Lipinski definition) is 1. The molecule has 1 saturated heterocycles. The van der Waals surface area contributed by atoms with Gasteiger partial charge in [-0.25, -0.2) is 14.4 Å². The fourth-order valence-electron chi connectivity index (χ4n) is 3.65. The Kier molecular flexibility index (Phi) is 5.09. The summed E-state index contributed by atoms with van der Waals surface area (Å²) in [7, 11) is 0. The van der Waals surface area contributed by atoms with Gasteiger partial charge in [-0.1, -0.05) is 19.9 Å². The maximum Gasteiger partial charge on any atom is 0.256 e. The predicted molar refractivity (Wildman–Crippen MR) is 105 cm³/mol. The summed E-state index contributed by atoms with van der Waals surface area (Å²) in [4.78, 5) is 23.3. The fraction of sp³-hybridized carbons (Fsp3) is 0.381. The van der Waals surface area contributed by atoms with Crippen LogP contribution in [0.5, 0.6) is 0 Å². The van der Waals surface area contributed by atoms with E-state index in [-0.39, 0.29) is 11.5 Å². The number of nitrogens with zero attached hydrogens (tertiary/aromatic N) is 4. The number of nitrogens with one attached hydrogen (secondary N) is 1. The molecule has 146 valence electrons. The van der Waals surface area contributed by atoms with E-state index in [1.165, 1.54) is 6.07 Å². The lowest BCUT2D eigenvalue weighted by Crippen LogP contribution is -2.46. The number of piperazine rings is 1. The number of fused-ring (bicyclic) bond motifs is 1. The van der Waals surface area contributed by atoms with Crippen molar-refractivity contribution in [3.63, 3.8) is 0 Å². The topological polar surface area (TPSA) is 63.1 Å². The SMILES string of the molecule is CC(C)c1cnc2n(Cc3ccc(F)c(C(=O)N4CCNCC4)c3)cncc1-2. The van der Waals surface area contributed by atoms with E-state index < -0.39 is 5.82 Å². The minimum absolute atomic E-state index is 0.124. The summed E-state index contributed by atoms with van der Waals surface area (Å²) in [6, 6.07) is 4.73. The van der Waals surface area contributed by atoms with Crippen LogP contribution in [0, 0.1) is 5.82 Å². The molecule has 1 aromatic carbocycles. The Morgan fingerprint density at radius 1 is 1.25 bits per heavy atom. The quantitative estimate of drug-likeness (QED) is 0.755. The Hall–Kier alpha value is -2.80. The van der Waals surface area contributed by atoms with Crippen molar-refractivity contribution in [2.75, 3.05) is 26.2 Å². The molecule has 0 aromatic heterocycles. The Balaban J connectivity index is 1.61. The molecule has 0 unspecified atom stereocenters. The van der Waals surface area contributed by atoms with Crippen molar-refractivity contribution in [2.45, 2.75) is 26.3 Å². The molecule has 28 heavy (non-hydrogen) atoms. The summed E-state index contributed by atoms with van der Waals surface area (Å²) in [5.41, 5.74) is 3.15. The Bertz CT molecular complexity index is 961. The summed E-state index contributed by atoms with van der Waals surface area (Å²) in [5.74, 6) is 0.465. The molecule has 0 spiro atoms. The third-order valence-corrected chi connectivity index (χ3v) is 5.20. The van der Waals surface area contributed by atoms with Crippen molar-refractivity contribution in [1.82, 2.24) is 24.8 Å². The molecule has 4 rings (SSSR count). The molecule has 1 amide bonds. The summed E-state index contributed by atoms with van der Waals surface area (Å²) in [6.45, 7) is 7.38. The predicted octanol–water partition coefficient (Wildman–Crippen LogP) is 2.74. The molecule has 3 aliphatic rings. The Morgan fingerprint density at radius 2 is 2.04 bits per heavy atom. The zero-order valence-electron chi connectivity index (χ0n) is 16.2. The standard InChI is InChI=1S/C21H24FN5O/c1-14(2)17-11-25-20-18(17)10-24-13-27(20)12-15-3-4-19(22)16(9-15)21(28)26-7-5-23-6-8-26/h3-4,9-11,13-14,23H,5-8,12H2,1-2H3. The van der Waals surface area contributed by atoms with Crippen molar-refractivity contribution >= 4 is 5.91 Å². The second-order valence-corrected chi connectivity index (χ2v) is 7.48. The van der Waals surface area contributed by atoms with Crippen LogP contribution in [0.3, 0.4) is 0 Å². The largest absolute Gasteiger partial charge is 0.336 e. The van der Waals surface area contributed by atoms with Crippen molar-refractivity contribution in [2.24, 2.45) is 0 Å². The highest BCUT2D eigenvalue weighted by molar-refractivity contribution is 5.94. The van der Waals surface area contributed by atoms with E-state index in [0.717, 1.165) is 35.6 Å². The van der Waals surface area contributed by atoms with Gasteiger partial charge in [0, 0.05) is 44.1 Å². The normalized spacial score (nSPS) is 14.8. The molecule has 1 fully saturated rings. The molecule has 0 aliphatic carbocycles. The molecule has 1 N–H and O–H groups in total. The number of hydrogen-bond acceptors (Lipinski definition) is 4. The van der Waals surface area contributed by atoms with Crippen LogP contribution in [0.15, 0.2) is 36.9 Å². The number of halogens is 1. The third kappa shape index (κ3) is 3.49. The van der Waals surface area contributed by atoms with E-state index in [1.54, 1.807) is 23.4 Å². The molecular weight excluding hydrogens is 357 g/mol. The highest BCUT2D eigenvalue weighted by atomic mass is 19.1. The van der Waals surface area contributed by atoms with Gasteiger partial charge in [0.25, 0.3) is 5.91 Å². The maximum atomic E-state index is 14.4. The minimum atomic E-state index is -0.484. The lowest BCUT2D eigenvalue weighted by atomic mass is 10.0. The van der Waals surface area contributed by atoms with Gasteiger partial charge in [-0.3, -0.25) is 4.79 Å². The van der Waals surface area contributed by atoms with Crippen LogP contribution in [-0.2, 0) is 6.54 Å². The summed E-state index contributed by atoms with van der Waals surface area (Å²) >= 11 is 0. The van der Waals surface area contributed by atoms with E-state index in [4.69, 9.17) is 0 Å². The average molecular weight is 381 g/mol. The van der Waals surface area contributed by atoms with Gasteiger partial charge in [0.15, 0.2) is 0 Å². The van der Waals surface area contributed by atoms with E-state index in [1.807, 2.05) is 17.0 Å². The maximum absolute atomic E-state index is 14.4. The molecule has 7 heteroatoms. The molecule has 6 nitrogen and oxygen atoms in total. The molecule has 0 saturated carbocycles. The number of aromatic nitrogens is 3. The summed E-state index contributed by atoms with van der Waals surface area (Å²) in [6.07, 6.45) is 5.44. The fourth-order valence-corrected chi connectivity index (χ4v) is 3.65.